The molecule has 0 aliphatic heterocycles. The standard InChI is InChI=1S/C11H15NO5S/c1-4-18(14,15)10-5-7(11(13)17-3)9(16-2)6-8(10)12/h5-6H,4,12H2,1-3H3/i2D3,3D3. The second-order valence-corrected chi connectivity index (χ2v) is 5.53. The zero-order valence-corrected chi connectivity index (χ0v) is 10.2. The van der Waals surface area contributed by atoms with Crippen molar-refractivity contribution in [2.75, 3.05) is 25.6 Å². The molecule has 0 fully saturated rings. The Balaban J connectivity index is 3.55. The summed E-state index contributed by atoms with van der Waals surface area (Å²) in [6.45, 7) is 1.34. The predicted octanol–water partition coefficient (Wildman–Crippen LogP) is 0.858. The number of hydrogen-bond acceptors (Lipinski definition) is 6. The van der Waals surface area contributed by atoms with Crippen molar-refractivity contribution in [2.45, 2.75) is 11.8 Å². The van der Waals surface area contributed by atoms with Crippen LogP contribution in [0.1, 0.15) is 25.5 Å². The van der Waals surface area contributed by atoms with Crippen molar-refractivity contribution >= 4 is 21.5 Å². The molecule has 0 spiro atoms. The van der Waals surface area contributed by atoms with Crippen molar-refractivity contribution in [2.24, 2.45) is 0 Å². The van der Waals surface area contributed by atoms with Crippen LogP contribution in [0.15, 0.2) is 17.0 Å². The van der Waals surface area contributed by atoms with Crippen LogP contribution in [0.5, 0.6) is 5.75 Å². The molecule has 0 saturated heterocycles. The number of carbonyl (C=O) groups is 1. The molecule has 0 aliphatic rings. The summed E-state index contributed by atoms with van der Waals surface area (Å²) in [5.74, 6) is -2.43. The summed E-state index contributed by atoms with van der Waals surface area (Å²) >= 11 is 0. The highest BCUT2D eigenvalue weighted by atomic mass is 32.2. The lowest BCUT2D eigenvalue weighted by molar-refractivity contribution is 0.0597. The normalized spacial score (nSPS) is 17.4. The third kappa shape index (κ3) is 2.56. The van der Waals surface area contributed by atoms with E-state index in [1.807, 2.05) is 0 Å². The molecule has 1 aromatic carbocycles. The summed E-state index contributed by atoms with van der Waals surface area (Å²) in [5.41, 5.74) is 4.57. The van der Waals surface area contributed by atoms with Crippen LogP contribution in [-0.2, 0) is 14.6 Å². The molecule has 0 amide bonds. The van der Waals surface area contributed by atoms with E-state index in [1.165, 1.54) is 6.92 Å². The summed E-state index contributed by atoms with van der Waals surface area (Å²) in [5, 5.41) is 0. The number of benzene rings is 1. The van der Waals surface area contributed by atoms with Crippen molar-refractivity contribution < 1.29 is 30.9 Å². The molecule has 1 aromatic rings. The van der Waals surface area contributed by atoms with Gasteiger partial charge in [0, 0.05) is 6.07 Å². The number of methoxy groups -OCH3 is 2. The second-order valence-electron chi connectivity index (χ2n) is 3.28. The predicted molar refractivity (Wildman–Crippen MR) is 66.5 cm³/mol. The average molecular weight is 279 g/mol. The van der Waals surface area contributed by atoms with Gasteiger partial charge < -0.3 is 15.2 Å². The van der Waals surface area contributed by atoms with Crippen LogP contribution < -0.4 is 10.5 Å². The van der Waals surface area contributed by atoms with Gasteiger partial charge in [-0.2, -0.15) is 0 Å². The molecule has 2 N–H and O–H groups in total. The first-order valence-corrected chi connectivity index (χ1v) is 6.40. The molecule has 0 bridgehead atoms. The van der Waals surface area contributed by atoms with Gasteiger partial charge in [0.2, 0.25) is 0 Å². The molecular formula is C11H15NO5S. The highest BCUT2D eigenvalue weighted by Crippen LogP contribution is 2.29. The molecule has 100 valence electrons. The number of hydrogen-bond donors (Lipinski definition) is 1. The van der Waals surface area contributed by atoms with E-state index in [4.69, 9.17) is 14.0 Å². The maximum Gasteiger partial charge on any atom is 0.341 e. The number of nitrogens with two attached hydrogens (primary N) is 1. The third-order valence-electron chi connectivity index (χ3n) is 2.25. The topological polar surface area (TPSA) is 95.7 Å². The second kappa shape index (κ2) is 5.26. The van der Waals surface area contributed by atoms with Crippen molar-refractivity contribution in [1.29, 1.82) is 0 Å². The number of ether oxygens (including phenoxy) is 2. The van der Waals surface area contributed by atoms with E-state index in [9.17, 15) is 13.2 Å². The minimum absolute atomic E-state index is 0.343. The Labute approximate surface area is 114 Å². The minimum Gasteiger partial charge on any atom is -0.496 e. The molecule has 0 saturated carbocycles. The van der Waals surface area contributed by atoms with Crippen molar-refractivity contribution in [3.63, 3.8) is 0 Å². The SMILES string of the molecule is [2H]C([2H])([2H])OC(=O)c1cc(S(=O)(=O)CC)c(N)cc1OC([2H])([2H])[2H]. The Hall–Kier alpha value is -1.76. The van der Waals surface area contributed by atoms with Crippen molar-refractivity contribution in [3.05, 3.63) is 17.7 Å². The van der Waals surface area contributed by atoms with E-state index in [1.54, 1.807) is 0 Å². The van der Waals surface area contributed by atoms with E-state index < -0.39 is 46.1 Å². The quantitative estimate of drug-likeness (QED) is 0.648. The van der Waals surface area contributed by atoms with Gasteiger partial charge in [-0.25, -0.2) is 13.2 Å². The number of carbonyl (C=O) groups excluding carboxylic acids is 1. The number of esters is 1. The molecule has 6 nitrogen and oxygen atoms in total. The van der Waals surface area contributed by atoms with Crippen molar-refractivity contribution in [1.82, 2.24) is 0 Å². The molecule has 0 aliphatic carbocycles. The first kappa shape index (κ1) is 7.63. The average Bonchev–Trinajstić information content (AvgIpc) is 2.34. The van der Waals surface area contributed by atoms with E-state index in [0.29, 0.717) is 0 Å². The van der Waals surface area contributed by atoms with Gasteiger partial charge in [-0.1, -0.05) is 6.92 Å². The molecule has 0 heterocycles. The lowest BCUT2D eigenvalue weighted by Gasteiger charge is -2.11. The Morgan fingerprint density at radius 2 is 2.17 bits per heavy atom. The van der Waals surface area contributed by atoms with Gasteiger partial charge in [0.05, 0.1) is 38.6 Å². The van der Waals surface area contributed by atoms with Gasteiger partial charge in [-0.15, -0.1) is 0 Å². The highest BCUT2D eigenvalue weighted by Gasteiger charge is 2.22. The van der Waals surface area contributed by atoms with Crippen LogP contribution in [-0.4, -0.2) is 34.2 Å². The summed E-state index contributed by atoms with van der Waals surface area (Å²) in [6.07, 6.45) is 0. The number of anilines is 1. The molecule has 0 aromatic heterocycles. The summed E-state index contributed by atoms with van der Waals surface area (Å²) in [4.78, 5) is 11.5. The van der Waals surface area contributed by atoms with Crippen LogP contribution >= 0.6 is 0 Å². The fourth-order valence-corrected chi connectivity index (χ4v) is 2.33. The third-order valence-corrected chi connectivity index (χ3v) is 4.03. The molecule has 0 unspecified atom stereocenters. The maximum atomic E-state index is 12.0. The number of sulfone groups is 1. The Morgan fingerprint density at radius 1 is 1.44 bits per heavy atom. The van der Waals surface area contributed by atoms with Gasteiger partial charge in [-0.3, -0.25) is 0 Å². The Kier molecular flexibility index (Phi) is 2.23. The zero-order valence-electron chi connectivity index (χ0n) is 15.4. The Bertz CT molecular complexity index is 740. The molecule has 0 radical (unpaired) electrons. The minimum atomic E-state index is -3.86. The zero-order chi connectivity index (χ0) is 18.9. The van der Waals surface area contributed by atoms with Crippen LogP contribution in [0.4, 0.5) is 5.69 Å². The number of nitrogen functional groups attached to an aromatic ring is 1. The first-order valence-electron chi connectivity index (χ1n) is 7.75. The fraction of sp³-hybridized carbons (Fsp3) is 0.364. The fourth-order valence-electron chi connectivity index (χ4n) is 1.30. The van der Waals surface area contributed by atoms with Gasteiger partial charge in [0.1, 0.15) is 11.3 Å². The van der Waals surface area contributed by atoms with E-state index >= 15 is 0 Å². The van der Waals surface area contributed by atoms with E-state index in [0.717, 1.165) is 12.1 Å². The van der Waals surface area contributed by atoms with Crippen LogP contribution in [0, 0.1) is 0 Å². The van der Waals surface area contributed by atoms with Crippen LogP contribution in [0.25, 0.3) is 0 Å². The van der Waals surface area contributed by atoms with Gasteiger partial charge in [0.25, 0.3) is 0 Å². The van der Waals surface area contributed by atoms with Crippen LogP contribution in [0.2, 0.25) is 0 Å². The molecular weight excluding hydrogens is 258 g/mol. The number of rotatable bonds is 4. The Morgan fingerprint density at radius 3 is 2.72 bits per heavy atom. The molecule has 7 heteroatoms. The lowest BCUT2D eigenvalue weighted by Crippen LogP contribution is -2.11. The molecule has 1 rings (SSSR count). The van der Waals surface area contributed by atoms with E-state index in [-0.39, 0.29) is 11.4 Å². The first-order chi connectivity index (χ1) is 10.7. The summed E-state index contributed by atoms with van der Waals surface area (Å²) < 4.78 is 74.7. The molecule has 0 atom stereocenters. The van der Waals surface area contributed by atoms with Gasteiger partial charge in [0.15, 0.2) is 9.84 Å². The molecule has 18 heavy (non-hydrogen) atoms. The summed E-state index contributed by atoms with van der Waals surface area (Å²) in [6, 6.07) is 1.56. The maximum absolute atomic E-state index is 12.0. The van der Waals surface area contributed by atoms with Crippen LogP contribution in [0.3, 0.4) is 0 Å². The van der Waals surface area contributed by atoms with E-state index in [2.05, 4.69) is 9.47 Å². The van der Waals surface area contributed by atoms with Crippen molar-refractivity contribution in [3.8, 4) is 5.75 Å². The van der Waals surface area contributed by atoms with Gasteiger partial charge >= 0.3 is 5.97 Å². The summed E-state index contributed by atoms with van der Waals surface area (Å²) in [7, 11) is -9.95. The monoisotopic (exact) mass is 279 g/mol. The largest absolute Gasteiger partial charge is 0.496 e. The highest BCUT2D eigenvalue weighted by molar-refractivity contribution is 7.91. The smallest absolute Gasteiger partial charge is 0.341 e. The van der Waals surface area contributed by atoms with Gasteiger partial charge in [-0.05, 0) is 6.07 Å². The lowest BCUT2D eigenvalue weighted by atomic mass is 10.2.